The topological polar surface area (TPSA) is 24.9 Å². The number of rotatable bonds is 6. The Morgan fingerprint density at radius 2 is 2.25 bits per heavy atom. The molecule has 0 bridgehead atoms. The van der Waals surface area contributed by atoms with E-state index in [1.807, 2.05) is 18.5 Å². The van der Waals surface area contributed by atoms with Crippen LogP contribution < -0.4 is 5.32 Å². The minimum Gasteiger partial charge on any atom is -0.309 e. The third kappa shape index (κ3) is 3.65. The van der Waals surface area contributed by atoms with Gasteiger partial charge in [0.2, 0.25) is 0 Å². The minimum absolute atomic E-state index is 0.181. The number of halogens is 2. The highest BCUT2D eigenvalue weighted by Gasteiger charge is 2.18. The Labute approximate surface area is 131 Å². The first-order chi connectivity index (χ1) is 9.63. The maximum Gasteiger partial charge on any atom is 0.137 e. The van der Waals surface area contributed by atoms with Gasteiger partial charge in [0.25, 0.3) is 0 Å². The van der Waals surface area contributed by atoms with Crippen molar-refractivity contribution in [1.29, 1.82) is 0 Å². The Morgan fingerprint density at radius 1 is 1.45 bits per heavy atom. The van der Waals surface area contributed by atoms with Crippen LogP contribution in [0.1, 0.15) is 35.5 Å². The maximum absolute atomic E-state index is 13.6. The van der Waals surface area contributed by atoms with E-state index in [9.17, 15) is 4.39 Å². The van der Waals surface area contributed by atoms with Crippen LogP contribution in [0.4, 0.5) is 4.39 Å². The van der Waals surface area contributed by atoms with E-state index in [0.29, 0.717) is 4.47 Å². The van der Waals surface area contributed by atoms with Gasteiger partial charge >= 0.3 is 0 Å². The van der Waals surface area contributed by atoms with Crippen LogP contribution in [0.15, 0.2) is 28.2 Å². The quantitative estimate of drug-likeness (QED) is 0.815. The lowest BCUT2D eigenvalue weighted by molar-refractivity contribution is 0.530. The summed E-state index contributed by atoms with van der Waals surface area (Å²) in [7, 11) is 0. The highest BCUT2D eigenvalue weighted by molar-refractivity contribution is 9.10. The molecule has 1 unspecified atom stereocenters. The number of aromatic nitrogens is 1. The van der Waals surface area contributed by atoms with Gasteiger partial charge in [0.05, 0.1) is 15.7 Å². The van der Waals surface area contributed by atoms with E-state index in [4.69, 9.17) is 0 Å². The molecule has 2 aromatic rings. The summed E-state index contributed by atoms with van der Waals surface area (Å²) >= 11 is 5.00. The van der Waals surface area contributed by atoms with Crippen molar-refractivity contribution >= 4 is 27.3 Å². The lowest BCUT2D eigenvalue weighted by Crippen LogP contribution is -2.24. The molecule has 1 heterocycles. The molecule has 2 rings (SSSR count). The number of thiazole rings is 1. The van der Waals surface area contributed by atoms with Crippen molar-refractivity contribution < 1.29 is 4.39 Å². The number of nitrogens with zero attached hydrogens (tertiary/aromatic N) is 1. The molecule has 1 atom stereocenters. The van der Waals surface area contributed by atoms with Gasteiger partial charge < -0.3 is 5.32 Å². The zero-order valence-electron chi connectivity index (χ0n) is 11.6. The fourth-order valence-corrected chi connectivity index (χ4v) is 3.45. The third-order valence-corrected chi connectivity index (χ3v) is 5.13. The summed E-state index contributed by atoms with van der Waals surface area (Å²) in [5.41, 5.74) is 3.90. The largest absolute Gasteiger partial charge is 0.309 e. The van der Waals surface area contributed by atoms with Gasteiger partial charge in [-0.2, -0.15) is 0 Å². The van der Waals surface area contributed by atoms with Crippen LogP contribution in [0.25, 0.3) is 0 Å². The molecule has 0 aliphatic carbocycles. The van der Waals surface area contributed by atoms with Gasteiger partial charge in [0, 0.05) is 10.9 Å². The van der Waals surface area contributed by atoms with Gasteiger partial charge in [0.1, 0.15) is 5.82 Å². The van der Waals surface area contributed by atoms with E-state index in [2.05, 4.69) is 33.2 Å². The third-order valence-electron chi connectivity index (χ3n) is 3.20. The molecule has 2 nitrogen and oxygen atoms in total. The number of benzene rings is 1. The second-order valence-corrected chi connectivity index (χ2v) is 6.41. The Balaban J connectivity index is 2.24. The van der Waals surface area contributed by atoms with Crippen LogP contribution in [0, 0.1) is 12.7 Å². The summed E-state index contributed by atoms with van der Waals surface area (Å²) in [6.07, 6.45) is 1.82. The van der Waals surface area contributed by atoms with Gasteiger partial charge in [-0.25, -0.2) is 9.37 Å². The lowest BCUT2D eigenvalue weighted by atomic mass is 10.0. The lowest BCUT2D eigenvalue weighted by Gasteiger charge is -2.19. The van der Waals surface area contributed by atoms with Crippen molar-refractivity contribution in [2.45, 2.75) is 32.7 Å². The summed E-state index contributed by atoms with van der Waals surface area (Å²) in [4.78, 5) is 5.55. The first-order valence-corrected chi connectivity index (χ1v) is 8.37. The van der Waals surface area contributed by atoms with E-state index in [1.165, 1.54) is 10.9 Å². The van der Waals surface area contributed by atoms with Crippen molar-refractivity contribution in [3.8, 4) is 0 Å². The fraction of sp³-hybridized carbons (Fsp3) is 0.400. The van der Waals surface area contributed by atoms with Gasteiger partial charge in [-0.3, -0.25) is 0 Å². The maximum atomic E-state index is 13.6. The van der Waals surface area contributed by atoms with E-state index in [0.717, 1.165) is 30.6 Å². The van der Waals surface area contributed by atoms with Crippen LogP contribution in [-0.4, -0.2) is 11.5 Å². The number of hydrogen-bond donors (Lipinski definition) is 1. The Bertz CT molecular complexity index is 571. The van der Waals surface area contributed by atoms with Gasteiger partial charge in [-0.1, -0.05) is 19.1 Å². The molecule has 0 radical (unpaired) electrons. The first kappa shape index (κ1) is 15.6. The molecule has 1 aromatic heterocycles. The average Bonchev–Trinajstić information content (AvgIpc) is 2.85. The van der Waals surface area contributed by atoms with E-state index in [-0.39, 0.29) is 11.9 Å². The molecule has 0 fully saturated rings. The summed E-state index contributed by atoms with van der Waals surface area (Å²) in [6.45, 7) is 5.10. The summed E-state index contributed by atoms with van der Waals surface area (Å²) in [6, 6.07) is 5.37. The second-order valence-electron chi connectivity index (χ2n) is 4.73. The van der Waals surface area contributed by atoms with Crippen LogP contribution >= 0.6 is 27.3 Å². The smallest absolute Gasteiger partial charge is 0.137 e. The van der Waals surface area contributed by atoms with Crippen molar-refractivity contribution in [3.63, 3.8) is 0 Å². The molecule has 0 aliphatic heterocycles. The molecule has 0 amide bonds. The summed E-state index contributed by atoms with van der Waals surface area (Å²) in [5, 5.41) is 3.53. The molecule has 0 saturated carbocycles. The van der Waals surface area contributed by atoms with Crippen LogP contribution in [0.5, 0.6) is 0 Å². The van der Waals surface area contributed by atoms with Crippen molar-refractivity contribution in [2.24, 2.45) is 0 Å². The molecule has 0 aliphatic rings. The molecule has 20 heavy (non-hydrogen) atoms. The monoisotopic (exact) mass is 356 g/mol. The Kier molecular flexibility index (Phi) is 5.69. The SMILES string of the molecule is CCCNC(Cc1cccc(F)c1Br)c1scnc1C. The standard InChI is InChI=1S/C15H18BrFN2S/c1-3-7-18-13(15-10(2)19-9-20-15)8-11-5-4-6-12(17)14(11)16/h4-6,9,13,18H,3,7-8H2,1-2H3. The highest BCUT2D eigenvalue weighted by atomic mass is 79.9. The molecule has 0 saturated heterocycles. The van der Waals surface area contributed by atoms with E-state index in [1.54, 1.807) is 17.4 Å². The van der Waals surface area contributed by atoms with Crippen LogP contribution in [-0.2, 0) is 6.42 Å². The minimum atomic E-state index is -0.210. The van der Waals surface area contributed by atoms with Gasteiger partial charge in [0.15, 0.2) is 0 Å². The second kappa shape index (κ2) is 7.29. The Hall–Kier alpha value is -0.780. The van der Waals surface area contributed by atoms with Crippen molar-refractivity contribution in [2.75, 3.05) is 6.54 Å². The van der Waals surface area contributed by atoms with Crippen molar-refractivity contribution in [1.82, 2.24) is 10.3 Å². The van der Waals surface area contributed by atoms with Gasteiger partial charge in [-0.15, -0.1) is 11.3 Å². The molecule has 1 aromatic carbocycles. The van der Waals surface area contributed by atoms with Gasteiger partial charge in [-0.05, 0) is 53.9 Å². The van der Waals surface area contributed by atoms with E-state index < -0.39 is 0 Å². The van der Waals surface area contributed by atoms with E-state index >= 15 is 0 Å². The van der Waals surface area contributed by atoms with Crippen LogP contribution in [0.3, 0.4) is 0 Å². The predicted molar refractivity (Wildman–Crippen MR) is 85.7 cm³/mol. The zero-order chi connectivity index (χ0) is 14.5. The average molecular weight is 357 g/mol. The predicted octanol–water partition coefficient (Wildman–Crippen LogP) is 4.64. The zero-order valence-corrected chi connectivity index (χ0v) is 14.0. The molecule has 1 N–H and O–H groups in total. The normalized spacial score (nSPS) is 12.6. The molecule has 0 spiro atoms. The molecule has 108 valence electrons. The summed E-state index contributed by atoms with van der Waals surface area (Å²) < 4.78 is 14.2. The Morgan fingerprint density at radius 3 is 2.90 bits per heavy atom. The number of hydrogen-bond acceptors (Lipinski definition) is 3. The fourth-order valence-electron chi connectivity index (χ4n) is 2.15. The van der Waals surface area contributed by atoms with Crippen molar-refractivity contribution in [3.05, 3.63) is 50.1 Å². The molecular formula is C15H18BrFN2S. The van der Waals surface area contributed by atoms with Crippen LogP contribution in [0.2, 0.25) is 0 Å². The molecule has 5 heteroatoms. The first-order valence-electron chi connectivity index (χ1n) is 6.69. The number of nitrogens with one attached hydrogen (secondary N) is 1. The number of aryl methyl sites for hydroxylation is 1. The summed E-state index contributed by atoms with van der Waals surface area (Å²) in [5.74, 6) is -0.210. The highest BCUT2D eigenvalue weighted by Crippen LogP contribution is 2.29. The molecular weight excluding hydrogens is 339 g/mol.